The first-order valence-corrected chi connectivity index (χ1v) is 7.79. The van der Waals surface area contributed by atoms with Crippen LogP contribution in [0.4, 0.5) is 0 Å². The Labute approximate surface area is 107 Å². The van der Waals surface area contributed by atoms with E-state index in [4.69, 9.17) is 4.74 Å². The van der Waals surface area contributed by atoms with Crippen molar-refractivity contribution in [3.8, 4) is 0 Å². The van der Waals surface area contributed by atoms with Gasteiger partial charge in [0.2, 0.25) is 0 Å². The maximum absolute atomic E-state index is 11.5. The van der Waals surface area contributed by atoms with Crippen LogP contribution in [0.3, 0.4) is 0 Å². The van der Waals surface area contributed by atoms with Gasteiger partial charge in [0.25, 0.3) is 0 Å². The first-order chi connectivity index (χ1) is 8.43. The minimum Gasteiger partial charge on any atom is -0.466 e. The summed E-state index contributed by atoms with van der Waals surface area (Å²) in [6, 6.07) is 6.73. The van der Waals surface area contributed by atoms with Gasteiger partial charge in [0.15, 0.2) is 9.84 Å². The molecule has 0 aromatic heterocycles. The normalized spacial score (nSPS) is 22.6. The van der Waals surface area contributed by atoms with Crippen LogP contribution in [0.15, 0.2) is 29.2 Å². The number of hydrogen-bond acceptors (Lipinski definition) is 4. The maximum Gasteiger partial charge on any atom is 0.309 e. The lowest BCUT2D eigenvalue weighted by Gasteiger charge is -2.03. The van der Waals surface area contributed by atoms with Gasteiger partial charge in [-0.2, -0.15) is 0 Å². The van der Waals surface area contributed by atoms with E-state index in [-0.39, 0.29) is 17.8 Å². The Balaban J connectivity index is 2.07. The van der Waals surface area contributed by atoms with Gasteiger partial charge in [0, 0.05) is 6.26 Å². The van der Waals surface area contributed by atoms with Gasteiger partial charge in [-0.15, -0.1) is 0 Å². The molecule has 2 atom stereocenters. The van der Waals surface area contributed by atoms with Crippen LogP contribution in [0.2, 0.25) is 0 Å². The van der Waals surface area contributed by atoms with Crippen molar-refractivity contribution in [2.75, 3.05) is 12.9 Å². The molecule has 0 aliphatic heterocycles. The van der Waals surface area contributed by atoms with Crippen molar-refractivity contribution in [1.29, 1.82) is 0 Å². The van der Waals surface area contributed by atoms with Gasteiger partial charge in [-0.3, -0.25) is 4.79 Å². The minimum atomic E-state index is -3.15. The van der Waals surface area contributed by atoms with Crippen LogP contribution < -0.4 is 0 Å². The van der Waals surface area contributed by atoms with Crippen molar-refractivity contribution in [3.05, 3.63) is 29.8 Å². The fourth-order valence-electron chi connectivity index (χ4n) is 2.04. The SMILES string of the molecule is CCOC(=O)C1CC1c1ccc(S(C)(=O)=O)cc1. The molecule has 1 fully saturated rings. The van der Waals surface area contributed by atoms with E-state index >= 15 is 0 Å². The summed E-state index contributed by atoms with van der Waals surface area (Å²) in [5.41, 5.74) is 1.00. The second-order valence-corrected chi connectivity index (χ2v) is 6.56. The molecule has 0 bridgehead atoms. The van der Waals surface area contributed by atoms with E-state index in [0.717, 1.165) is 12.0 Å². The summed E-state index contributed by atoms with van der Waals surface area (Å²) in [5, 5.41) is 0. The molecule has 0 radical (unpaired) electrons. The van der Waals surface area contributed by atoms with Gasteiger partial charge in [-0.25, -0.2) is 8.42 Å². The van der Waals surface area contributed by atoms with E-state index in [0.29, 0.717) is 11.5 Å². The molecule has 1 aromatic rings. The molecule has 0 saturated heterocycles. The van der Waals surface area contributed by atoms with Crippen LogP contribution >= 0.6 is 0 Å². The number of carbonyl (C=O) groups excluding carboxylic acids is 1. The Bertz CT molecular complexity index is 545. The van der Waals surface area contributed by atoms with Crippen LogP contribution in [-0.4, -0.2) is 27.2 Å². The lowest BCUT2D eigenvalue weighted by atomic mass is 10.1. The van der Waals surface area contributed by atoms with Crippen LogP contribution in [0, 0.1) is 5.92 Å². The van der Waals surface area contributed by atoms with Crippen molar-refractivity contribution >= 4 is 15.8 Å². The van der Waals surface area contributed by atoms with Gasteiger partial charge < -0.3 is 4.74 Å². The Morgan fingerprint density at radius 2 is 1.94 bits per heavy atom. The van der Waals surface area contributed by atoms with Gasteiger partial charge in [-0.1, -0.05) is 12.1 Å². The molecular weight excluding hydrogens is 252 g/mol. The molecule has 2 unspecified atom stereocenters. The second-order valence-electron chi connectivity index (χ2n) is 4.54. The first kappa shape index (κ1) is 13.1. The predicted molar refractivity (Wildman–Crippen MR) is 67.0 cm³/mol. The standard InChI is InChI=1S/C13H16O4S/c1-3-17-13(14)12-8-11(12)9-4-6-10(7-5-9)18(2,15)16/h4-7,11-12H,3,8H2,1-2H3. The lowest BCUT2D eigenvalue weighted by Crippen LogP contribution is -2.07. The molecular formula is C13H16O4S. The zero-order chi connectivity index (χ0) is 13.3. The van der Waals surface area contributed by atoms with E-state index < -0.39 is 9.84 Å². The van der Waals surface area contributed by atoms with Gasteiger partial charge in [0.05, 0.1) is 17.4 Å². The number of benzene rings is 1. The lowest BCUT2D eigenvalue weighted by molar-refractivity contribution is -0.144. The largest absolute Gasteiger partial charge is 0.466 e. The summed E-state index contributed by atoms with van der Waals surface area (Å²) in [5.74, 6) is -0.0404. The fraction of sp³-hybridized carbons (Fsp3) is 0.462. The molecule has 1 aromatic carbocycles. The Hall–Kier alpha value is -1.36. The Kier molecular flexibility index (Phi) is 3.43. The molecule has 1 aliphatic rings. The van der Waals surface area contributed by atoms with Crippen molar-refractivity contribution in [2.45, 2.75) is 24.2 Å². The molecule has 4 nitrogen and oxygen atoms in total. The summed E-state index contributed by atoms with van der Waals surface area (Å²) in [7, 11) is -3.15. The van der Waals surface area contributed by atoms with Crippen LogP contribution in [0.5, 0.6) is 0 Å². The third-order valence-electron chi connectivity index (χ3n) is 3.12. The molecule has 5 heteroatoms. The van der Waals surface area contributed by atoms with Crippen LogP contribution in [0.1, 0.15) is 24.8 Å². The Morgan fingerprint density at radius 1 is 1.33 bits per heavy atom. The highest BCUT2D eigenvalue weighted by Crippen LogP contribution is 2.48. The summed E-state index contributed by atoms with van der Waals surface area (Å²) in [6.45, 7) is 2.19. The maximum atomic E-state index is 11.5. The smallest absolute Gasteiger partial charge is 0.309 e. The zero-order valence-corrected chi connectivity index (χ0v) is 11.2. The molecule has 0 amide bonds. The van der Waals surface area contributed by atoms with Gasteiger partial charge in [-0.05, 0) is 37.0 Å². The highest BCUT2D eigenvalue weighted by Gasteiger charge is 2.45. The number of hydrogen-bond donors (Lipinski definition) is 0. The van der Waals surface area contributed by atoms with E-state index in [1.807, 2.05) is 0 Å². The van der Waals surface area contributed by atoms with E-state index in [9.17, 15) is 13.2 Å². The molecule has 0 N–H and O–H groups in total. The molecule has 18 heavy (non-hydrogen) atoms. The predicted octanol–water partition coefficient (Wildman–Crippen LogP) is 1.76. The van der Waals surface area contributed by atoms with Crippen molar-refractivity contribution in [1.82, 2.24) is 0 Å². The monoisotopic (exact) mass is 268 g/mol. The first-order valence-electron chi connectivity index (χ1n) is 5.90. The van der Waals surface area contributed by atoms with E-state index in [2.05, 4.69) is 0 Å². The molecule has 0 spiro atoms. The molecule has 98 valence electrons. The fourth-order valence-corrected chi connectivity index (χ4v) is 2.67. The topological polar surface area (TPSA) is 60.4 Å². The van der Waals surface area contributed by atoms with Crippen molar-refractivity contribution in [2.24, 2.45) is 5.92 Å². The van der Waals surface area contributed by atoms with Gasteiger partial charge in [0.1, 0.15) is 0 Å². The summed E-state index contributed by atoms with van der Waals surface area (Å²) >= 11 is 0. The number of carbonyl (C=O) groups is 1. The minimum absolute atomic E-state index is 0.0611. The highest BCUT2D eigenvalue weighted by molar-refractivity contribution is 7.90. The second kappa shape index (κ2) is 4.72. The van der Waals surface area contributed by atoms with Crippen LogP contribution in [0.25, 0.3) is 0 Å². The van der Waals surface area contributed by atoms with Gasteiger partial charge >= 0.3 is 5.97 Å². The number of rotatable bonds is 4. The molecule has 2 rings (SSSR count). The zero-order valence-electron chi connectivity index (χ0n) is 10.4. The third kappa shape index (κ3) is 2.72. The average molecular weight is 268 g/mol. The van der Waals surface area contributed by atoms with Crippen molar-refractivity contribution in [3.63, 3.8) is 0 Å². The van der Waals surface area contributed by atoms with Crippen LogP contribution in [-0.2, 0) is 19.4 Å². The number of sulfone groups is 1. The number of ether oxygens (including phenoxy) is 1. The van der Waals surface area contributed by atoms with E-state index in [1.54, 1.807) is 31.2 Å². The van der Waals surface area contributed by atoms with E-state index in [1.165, 1.54) is 6.26 Å². The summed E-state index contributed by atoms with van der Waals surface area (Å²) in [4.78, 5) is 11.8. The number of esters is 1. The average Bonchev–Trinajstić information content (AvgIpc) is 3.08. The summed E-state index contributed by atoms with van der Waals surface area (Å²) in [6.07, 6.45) is 1.97. The molecule has 1 aliphatic carbocycles. The molecule has 1 saturated carbocycles. The quantitative estimate of drug-likeness (QED) is 0.781. The molecule has 0 heterocycles. The third-order valence-corrected chi connectivity index (χ3v) is 4.24. The van der Waals surface area contributed by atoms with Crippen molar-refractivity contribution < 1.29 is 17.9 Å². The Morgan fingerprint density at radius 3 is 2.44 bits per heavy atom. The highest BCUT2D eigenvalue weighted by atomic mass is 32.2. The summed E-state index contributed by atoms with van der Waals surface area (Å²) < 4.78 is 27.6.